The van der Waals surface area contributed by atoms with Crippen LogP contribution in [0.3, 0.4) is 0 Å². The zero-order chi connectivity index (χ0) is 40.7. The molecule has 0 aromatic rings. The van der Waals surface area contributed by atoms with Crippen molar-refractivity contribution in [3.05, 3.63) is 12.2 Å². The summed E-state index contributed by atoms with van der Waals surface area (Å²) in [7, 11) is 0. The largest absolute Gasteiger partial charge is 0.432 e. The monoisotopic (exact) mass is 820 g/mol. The standard InChI is InChI=1S/C38H60O18.CH4/c1-16-11-37-9-5-20-35(2,7-4-8-36(20,3)34(50)55-32-29(49)26(46)23(43)18(13-40)52-32)21(37)6-10-38(16,15-37)56-33-30(27(47)24(44)19(14-41)53-33)54-31-28(48)25(45)22(42)17(12-39)51-31;/h17-33,39-49H,1,4-15H2,2-3H3;1H4/t17?,18?,19?,20?,21-,22?,23?,24?,25?,26?,27?,28?,29?,30?,31?,32?,33?,35+,36+,37+,38?;/m0./s1. The Labute approximate surface area is 331 Å². The summed E-state index contributed by atoms with van der Waals surface area (Å²) >= 11 is 0. The van der Waals surface area contributed by atoms with E-state index in [0.717, 1.165) is 18.4 Å². The molecule has 3 saturated heterocycles. The molecule has 7 rings (SSSR count). The number of hydrogen-bond donors (Lipinski definition) is 11. The van der Waals surface area contributed by atoms with Crippen LogP contribution in [0.4, 0.5) is 0 Å². The third-order valence-electron chi connectivity index (χ3n) is 15.0. The van der Waals surface area contributed by atoms with Crippen molar-refractivity contribution < 1.29 is 89.4 Å². The average Bonchev–Trinajstić information content (AvgIpc) is 3.37. The number of fused-ring (bicyclic) bond motifs is 3. The highest BCUT2D eigenvalue weighted by atomic mass is 16.8. The SMILES string of the molecule is C.C=C1C[C@@]23CCC4[C@](C)(C(=O)OC5OC(CO)C(O)C(O)C5O)CCC[C@@]4(C)[C@@H]2CCC1(OC1OC(CO)C(O)C(O)C1OC1OC(CO)C(O)C(O)C1O)C3. The molecular formula is C39H64O18. The molecule has 17 unspecified atom stereocenters. The highest BCUT2D eigenvalue weighted by molar-refractivity contribution is 5.77. The van der Waals surface area contributed by atoms with Gasteiger partial charge in [-0.05, 0) is 86.5 Å². The Balaban J connectivity index is 0.00000549. The molecule has 0 aromatic heterocycles. The van der Waals surface area contributed by atoms with E-state index in [1.165, 1.54) is 0 Å². The van der Waals surface area contributed by atoms with Crippen LogP contribution in [0.5, 0.6) is 0 Å². The second-order valence-electron chi connectivity index (χ2n) is 18.0. The Kier molecular flexibility index (Phi) is 13.0. The van der Waals surface area contributed by atoms with E-state index in [4.69, 9.17) is 28.4 Å². The van der Waals surface area contributed by atoms with Gasteiger partial charge in [-0.3, -0.25) is 4.79 Å². The molecule has 11 N–H and O–H groups in total. The fourth-order valence-corrected chi connectivity index (χ4v) is 12.0. The van der Waals surface area contributed by atoms with Crippen LogP contribution in [-0.2, 0) is 33.2 Å². The number of carbonyl (C=O) groups is 1. The highest BCUT2D eigenvalue weighted by Gasteiger charge is 2.69. The summed E-state index contributed by atoms with van der Waals surface area (Å²) in [6, 6.07) is 0. The summed E-state index contributed by atoms with van der Waals surface area (Å²) in [5.41, 5.74) is -1.80. The van der Waals surface area contributed by atoms with Gasteiger partial charge in [-0.1, -0.05) is 27.4 Å². The minimum atomic E-state index is -1.81. The molecule has 1 spiro atoms. The van der Waals surface area contributed by atoms with Crippen LogP contribution in [-0.4, -0.2) is 180 Å². The lowest BCUT2D eigenvalue weighted by Gasteiger charge is -2.64. The molecule has 3 aliphatic heterocycles. The lowest BCUT2D eigenvalue weighted by Crippen LogP contribution is -2.65. The van der Waals surface area contributed by atoms with Crippen LogP contribution in [0.25, 0.3) is 0 Å². The van der Waals surface area contributed by atoms with Crippen molar-refractivity contribution in [3.8, 4) is 0 Å². The molecule has 0 aromatic carbocycles. The molecular weight excluding hydrogens is 756 g/mol. The van der Waals surface area contributed by atoms with Gasteiger partial charge in [0.1, 0.15) is 73.2 Å². The summed E-state index contributed by atoms with van der Waals surface area (Å²) in [6.45, 7) is 6.52. The minimum absolute atomic E-state index is 0. The second-order valence-corrected chi connectivity index (χ2v) is 18.0. The van der Waals surface area contributed by atoms with E-state index in [-0.39, 0.29) is 30.1 Å². The van der Waals surface area contributed by atoms with Crippen molar-refractivity contribution in [3.63, 3.8) is 0 Å². The van der Waals surface area contributed by atoms with E-state index < -0.39 is 129 Å². The molecule has 18 nitrogen and oxygen atoms in total. The van der Waals surface area contributed by atoms with Gasteiger partial charge in [0.05, 0.1) is 30.8 Å². The van der Waals surface area contributed by atoms with Gasteiger partial charge in [0.25, 0.3) is 0 Å². The third-order valence-corrected chi connectivity index (χ3v) is 15.0. The van der Waals surface area contributed by atoms with Gasteiger partial charge in [0.2, 0.25) is 6.29 Å². The first-order valence-corrected chi connectivity index (χ1v) is 19.9. The van der Waals surface area contributed by atoms with Gasteiger partial charge in [-0.15, -0.1) is 0 Å². The van der Waals surface area contributed by atoms with Crippen molar-refractivity contribution in [2.75, 3.05) is 19.8 Å². The van der Waals surface area contributed by atoms with E-state index in [0.29, 0.717) is 44.9 Å². The number of aliphatic hydroxyl groups is 11. The Bertz CT molecular complexity index is 1450. The average molecular weight is 821 g/mol. The van der Waals surface area contributed by atoms with Gasteiger partial charge in [0, 0.05) is 0 Å². The van der Waals surface area contributed by atoms with Crippen molar-refractivity contribution in [2.24, 2.45) is 28.1 Å². The van der Waals surface area contributed by atoms with Crippen molar-refractivity contribution in [1.82, 2.24) is 0 Å². The minimum Gasteiger partial charge on any atom is -0.432 e. The molecule has 3 heterocycles. The van der Waals surface area contributed by atoms with Crippen molar-refractivity contribution >= 4 is 5.97 Å². The topological polar surface area (TPSA) is 295 Å². The number of hydrogen-bond acceptors (Lipinski definition) is 18. The van der Waals surface area contributed by atoms with E-state index >= 15 is 0 Å². The molecule has 4 saturated carbocycles. The van der Waals surface area contributed by atoms with Crippen LogP contribution >= 0.6 is 0 Å². The van der Waals surface area contributed by atoms with Crippen LogP contribution in [0.15, 0.2) is 12.2 Å². The van der Waals surface area contributed by atoms with Gasteiger partial charge >= 0.3 is 5.97 Å². The Morgan fingerprint density at radius 3 is 1.81 bits per heavy atom. The summed E-state index contributed by atoms with van der Waals surface area (Å²) in [5.74, 6) is -0.591. The molecule has 7 aliphatic rings. The molecule has 7 fully saturated rings. The highest BCUT2D eigenvalue weighted by Crippen LogP contribution is 2.73. The summed E-state index contributed by atoms with van der Waals surface area (Å²) < 4.78 is 35.6. The van der Waals surface area contributed by atoms with Crippen LogP contribution in [0, 0.1) is 28.1 Å². The van der Waals surface area contributed by atoms with E-state index in [1.807, 2.05) is 6.92 Å². The Hall–Kier alpha value is -1.43. The summed E-state index contributed by atoms with van der Waals surface area (Å²) in [6.07, 6.45) is -17.8. The first-order valence-electron chi connectivity index (χ1n) is 19.9. The predicted octanol–water partition coefficient (Wildman–Crippen LogP) is -2.30. The smallest absolute Gasteiger partial charge is 0.314 e. The summed E-state index contributed by atoms with van der Waals surface area (Å²) in [4.78, 5) is 14.1. The van der Waals surface area contributed by atoms with E-state index in [2.05, 4.69) is 13.5 Å². The van der Waals surface area contributed by atoms with Crippen LogP contribution < -0.4 is 0 Å². The van der Waals surface area contributed by atoms with Crippen molar-refractivity contribution in [1.29, 1.82) is 0 Å². The first-order chi connectivity index (χ1) is 26.4. The number of carbonyl (C=O) groups excluding carboxylic acids is 1. The lowest BCUT2D eigenvalue weighted by molar-refractivity contribution is -0.378. The predicted molar refractivity (Wildman–Crippen MR) is 193 cm³/mol. The normalized spacial score (nSPS) is 53.6. The lowest BCUT2D eigenvalue weighted by atomic mass is 9.41. The fourth-order valence-electron chi connectivity index (χ4n) is 12.0. The van der Waals surface area contributed by atoms with E-state index in [1.54, 1.807) is 0 Å². The molecule has 328 valence electrons. The number of esters is 1. The molecule has 2 bridgehead atoms. The molecule has 0 amide bonds. The molecule has 57 heavy (non-hydrogen) atoms. The van der Waals surface area contributed by atoms with Crippen LogP contribution in [0.2, 0.25) is 0 Å². The van der Waals surface area contributed by atoms with Gasteiger partial charge < -0.3 is 84.6 Å². The van der Waals surface area contributed by atoms with Gasteiger partial charge in [0.15, 0.2) is 12.6 Å². The van der Waals surface area contributed by atoms with Gasteiger partial charge in [-0.25, -0.2) is 0 Å². The van der Waals surface area contributed by atoms with Gasteiger partial charge in [-0.2, -0.15) is 0 Å². The molecule has 0 radical (unpaired) electrons. The Morgan fingerprint density at radius 2 is 1.21 bits per heavy atom. The molecule has 18 heteroatoms. The fraction of sp³-hybridized carbons (Fsp3) is 0.923. The maximum absolute atomic E-state index is 14.1. The third kappa shape index (κ3) is 7.22. The van der Waals surface area contributed by atoms with E-state index in [9.17, 15) is 61.0 Å². The van der Waals surface area contributed by atoms with Crippen LogP contribution in [0.1, 0.15) is 79.1 Å². The summed E-state index contributed by atoms with van der Waals surface area (Å²) in [5, 5.41) is 114. The van der Waals surface area contributed by atoms with Crippen molar-refractivity contribution in [2.45, 2.75) is 177 Å². The zero-order valence-corrected chi connectivity index (χ0v) is 31.8. The zero-order valence-electron chi connectivity index (χ0n) is 31.8. The second kappa shape index (κ2) is 16.4. The molecule has 21 atom stereocenters. The quantitative estimate of drug-likeness (QED) is 0.0662. The maximum atomic E-state index is 14.1. The number of ether oxygens (including phenoxy) is 6. The Morgan fingerprint density at radius 1 is 0.684 bits per heavy atom. The molecule has 4 aliphatic carbocycles. The first kappa shape index (κ1) is 45.1. The number of aliphatic hydroxyl groups excluding tert-OH is 11. The number of rotatable bonds is 9. The maximum Gasteiger partial charge on any atom is 0.314 e.